The Bertz CT molecular complexity index is 316. The highest BCUT2D eigenvalue weighted by atomic mass is 79.9. The zero-order valence-electron chi connectivity index (χ0n) is 7.99. The van der Waals surface area contributed by atoms with E-state index in [1.54, 1.807) is 0 Å². The zero-order valence-corrected chi connectivity index (χ0v) is 9.57. The lowest BCUT2D eigenvalue weighted by Crippen LogP contribution is -2.23. The van der Waals surface area contributed by atoms with E-state index >= 15 is 0 Å². The van der Waals surface area contributed by atoms with Crippen molar-refractivity contribution >= 4 is 21.7 Å². The third kappa shape index (κ3) is 2.07. The molecule has 0 bridgehead atoms. The highest BCUT2D eigenvalue weighted by molar-refractivity contribution is 9.10. The summed E-state index contributed by atoms with van der Waals surface area (Å²) in [6.45, 7) is 2.90. The van der Waals surface area contributed by atoms with Crippen LogP contribution in [0.2, 0.25) is 0 Å². The number of anilines is 1. The summed E-state index contributed by atoms with van der Waals surface area (Å²) in [5, 5.41) is 0. The molecule has 0 unspecified atom stereocenters. The number of pyridine rings is 1. The van der Waals surface area contributed by atoms with Crippen LogP contribution >= 0.6 is 15.9 Å². The molecule has 2 rings (SSSR count). The molecule has 76 valence electrons. The Hall–Kier alpha value is -0.610. The van der Waals surface area contributed by atoms with Crippen molar-refractivity contribution in [1.29, 1.82) is 0 Å². The number of halogens is 1. The molecule has 14 heavy (non-hydrogen) atoms. The molecule has 1 saturated heterocycles. The number of aromatic nitrogens is 1. The normalized spacial score (nSPS) is 21.6. The minimum absolute atomic E-state index is 0.635. The lowest BCUT2D eigenvalue weighted by molar-refractivity contribution is 0.602. The molecule has 0 spiro atoms. The number of hydrogen-bond donors (Lipinski definition) is 1. The topological polar surface area (TPSA) is 42.1 Å². The molecule has 1 fully saturated rings. The van der Waals surface area contributed by atoms with Crippen molar-refractivity contribution in [1.82, 2.24) is 4.98 Å². The Kier molecular flexibility index (Phi) is 3.03. The van der Waals surface area contributed by atoms with Crippen molar-refractivity contribution < 1.29 is 0 Å². The van der Waals surface area contributed by atoms with Crippen molar-refractivity contribution in [2.75, 3.05) is 24.5 Å². The van der Waals surface area contributed by atoms with Crippen molar-refractivity contribution in [2.45, 2.75) is 6.42 Å². The zero-order chi connectivity index (χ0) is 9.97. The Morgan fingerprint density at radius 1 is 1.57 bits per heavy atom. The molecule has 0 saturated carbocycles. The molecule has 1 aliphatic heterocycles. The highest BCUT2D eigenvalue weighted by Crippen LogP contribution is 2.22. The van der Waals surface area contributed by atoms with Gasteiger partial charge in [-0.25, -0.2) is 4.98 Å². The second-order valence-corrected chi connectivity index (χ2v) is 4.47. The second kappa shape index (κ2) is 4.28. The minimum atomic E-state index is 0.635. The van der Waals surface area contributed by atoms with Gasteiger partial charge in [0.15, 0.2) is 0 Å². The van der Waals surface area contributed by atoms with Crippen LogP contribution in [0.5, 0.6) is 0 Å². The fourth-order valence-electron chi connectivity index (χ4n) is 1.81. The van der Waals surface area contributed by atoms with Gasteiger partial charge in [-0.2, -0.15) is 0 Å². The Balaban J connectivity index is 2.09. The SMILES string of the molecule is NC[C@H]1CCN(c2cccc(Br)n2)C1. The molecule has 0 amide bonds. The molecule has 2 heterocycles. The average molecular weight is 256 g/mol. The predicted octanol–water partition coefficient (Wildman–Crippen LogP) is 1.63. The van der Waals surface area contributed by atoms with Crippen LogP contribution in [-0.4, -0.2) is 24.6 Å². The van der Waals surface area contributed by atoms with Crippen LogP contribution in [-0.2, 0) is 0 Å². The van der Waals surface area contributed by atoms with Gasteiger partial charge < -0.3 is 10.6 Å². The van der Waals surface area contributed by atoms with E-state index < -0.39 is 0 Å². The summed E-state index contributed by atoms with van der Waals surface area (Å²) in [6, 6.07) is 6.01. The monoisotopic (exact) mass is 255 g/mol. The quantitative estimate of drug-likeness (QED) is 0.818. The standard InChI is InChI=1S/C10H14BrN3/c11-9-2-1-3-10(13-9)14-5-4-8(6-12)7-14/h1-3,8H,4-7,12H2/t8-/m1/s1. The van der Waals surface area contributed by atoms with Gasteiger partial charge in [-0.1, -0.05) is 6.07 Å². The summed E-state index contributed by atoms with van der Waals surface area (Å²) in [4.78, 5) is 6.72. The maximum atomic E-state index is 5.65. The fourth-order valence-corrected chi connectivity index (χ4v) is 2.14. The molecule has 0 aromatic carbocycles. The maximum Gasteiger partial charge on any atom is 0.129 e. The first-order valence-electron chi connectivity index (χ1n) is 4.87. The largest absolute Gasteiger partial charge is 0.356 e. The van der Waals surface area contributed by atoms with E-state index in [-0.39, 0.29) is 0 Å². The van der Waals surface area contributed by atoms with Gasteiger partial charge in [0.05, 0.1) is 0 Å². The molecule has 1 aromatic heterocycles. The number of hydrogen-bond acceptors (Lipinski definition) is 3. The minimum Gasteiger partial charge on any atom is -0.356 e. The summed E-state index contributed by atoms with van der Waals surface area (Å²) in [6.07, 6.45) is 1.19. The van der Waals surface area contributed by atoms with E-state index in [1.165, 1.54) is 6.42 Å². The van der Waals surface area contributed by atoms with Crippen molar-refractivity contribution in [3.05, 3.63) is 22.8 Å². The van der Waals surface area contributed by atoms with Crippen molar-refractivity contribution in [3.63, 3.8) is 0 Å². The maximum absolute atomic E-state index is 5.65. The summed E-state index contributed by atoms with van der Waals surface area (Å²) in [5.41, 5.74) is 5.65. The summed E-state index contributed by atoms with van der Waals surface area (Å²) < 4.78 is 0.895. The molecule has 1 atom stereocenters. The van der Waals surface area contributed by atoms with Crippen LogP contribution in [0.1, 0.15) is 6.42 Å². The smallest absolute Gasteiger partial charge is 0.129 e. The third-order valence-electron chi connectivity index (χ3n) is 2.64. The predicted molar refractivity (Wildman–Crippen MR) is 61.3 cm³/mol. The Morgan fingerprint density at radius 2 is 2.43 bits per heavy atom. The number of nitrogens with zero attached hydrogens (tertiary/aromatic N) is 2. The third-order valence-corrected chi connectivity index (χ3v) is 3.09. The number of rotatable bonds is 2. The second-order valence-electron chi connectivity index (χ2n) is 3.65. The van der Waals surface area contributed by atoms with Gasteiger partial charge in [0, 0.05) is 13.1 Å². The van der Waals surface area contributed by atoms with Crippen LogP contribution in [0.4, 0.5) is 5.82 Å². The summed E-state index contributed by atoms with van der Waals surface area (Å²) in [5.74, 6) is 1.69. The number of nitrogens with two attached hydrogens (primary N) is 1. The van der Waals surface area contributed by atoms with Crippen LogP contribution < -0.4 is 10.6 Å². The van der Waals surface area contributed by atoms with Crippen LogP contribution in [0.25, 0.3) is 0 Å². The summed E-state index contributed by atoms with van der Waals surface area (Å²) >= 11 is 3.38. The molecule has 3 nitrogen and oxygen atoms in total. The van der Waals surface area contributed by atoms with Gasteiger partial charge in [0.25, 0.3) is 0 Å². The highest BCUT2D eigenvalue weighted by Gasteiger charge is 2.21. The van der Waals surface area contributed by atoms with Crippen molar-refractivity contribution in [2.24, 2.45) is 11.7 Å². The summed E-state index contributed by atoms with van der Waals surface area (Å²) in [7, 11) is 0. The molecule has 0 radical (unpaired) electrons. The molecular weight excluding hydrogens is 242 g/mol. The molecule has 0 aliphatic carbocycles. The van der Waals surface area contributed by atoms with E-state index in [4.69, 9.17) is 5.73 Å². The van der Waals surface area contributed by atoms with Crippen molar-refractivity contribution in [3.8, 4) is 0 Å². The van der Waals surface area contributed by atoms with E-state index in [9.17, 15) is 0 Å². The molecule has 2 N–H and O–H groups in total. The van der Waals surface area contributed by atoms with Gasteiger partial charge in [-0.15, -0.1) is 0 Å². The molecule has 4 heteroatoms. The molecule has 1 aliphatic rings. The fraction of sp³-hybridized carbons (Fsp3) is 0.500. The lowest BCUT2D eigenvalue weighted by atomic mass is 10.1. The lowest BCUT2D eigenvalue weighted by Gasteiger charge is -2.17. The molecular formula is C10H14BrN3. The van der Waals surface area contributed by atoms with Gasteiger partial charge in [0.1, 0.15) is 10.4 Å². The van der Waals surface area contributed by atoms with E-state index in [0.29, 0.717) is 5.92 Å². The van der Waals surface area contributed by atoms with Gasteiger partial charge >= 0.3 is 0 Å². The first-order chi connectivity index (χ1) is 6.79. The van der Waals surface area contributed by atoms with E-state index in [1.807, 2.05) is 18.2 Å². The Labute approximate surface area is 92.4 Å². The van der Waals surface area contributed by atoms with E-state index in [0.717, 1.165) is 30.1 Å². The molecule has 1 aromatic rings. The van der Waals surface area contributed by atoms with Gasteiger partial charge in [-0.05, 0) is 46.9 Å². The van der Waals surface area contributed by atoms with Crippen LogP contribution in [0, 0.1) is 5.92 Å². The average Bonchev–Trinajstić information content (AvgIpc) is 2.66. The van der Waals surface area contributed by atoms with Gasteiger partial charge in [0.2, 0.25) is 0 Å². The van der Waals surface area contributed by atoms with Gasteiger partial charge in [-0.3, -0.25) is 0 Å². The first-order valence-corrected chi connectivity index (χ1v) is 5.66. The first kappa shape index (κ1) is 9.93. The van der Waals surface area contributed by atoms with Crippen LogP contribution in [0.3, 0.4) is 0 Å². The van der Waals surface area contributed by atoms with E-state index in [2.05, 4.69) is 25.8 Å². The van der Waals surface area contributed by atoms with Crippen LogP contribution in [0.15, 0.2) is 22.8 Å². The Morgan fingerprint density at radius 3 is 3.07 bits per heavy atom.